The molecule has 0 amide bonds. The third-order valence-corrected chi connectivity index (χ3v) is 2.90. The second-order valence-corrected chi connectivity index (χ2v) is 4.42. The molecule has 0 aliphatic rings. The Labute approximate surface area is 106 Å². The molecule has 0 spiro atoms. The van der Waals surface area contributed by atoms with Crippen molar-refractivity contribution in [1.29, 1.82) is 0 Å². The Morgan fingerprint density at radius 2 is 1.82 bits per heavy atom. The number of aryl methyl sites for hydroxylation is 1. The number of anilines is 2. The van der Waals surface area contributed by atoms with E-state index >= 15 is 0 Å². The molecule has 88 valence electrons. The smallest absolute Gasteiger partial charge is 0.0428 e. The summed E-state index contributed by atoms with van der Waals surface area (Å²) in [7, 11) is 0. The topological polar surface area (TPSA) is 38.0 Å². The summed E-state index contributed by atoms with van der Waals surface area (Å²) in [6.07, 6.45) is 0. The first-order valence-corrected chi connectivity index (χ1v) is 5.89. The summed E-state index contributed by atoms with van der Waals surface area (Å²) in [5.41, 5.74) is 9.91. The van der Waals surface area contributed by atoms with Gasteiger partial charge in [-0.25, -0.2) is 0 Å². The van der Waals surface area contributed by atoms with Crippen molar-refractivity contribution in [3.63, 3.8) is 0 Å². The van der Waals surface area contributed by atoms with Crippen LogP contribution in [-0.2, 0) is 6.54 Å². The fraction of sp³-hybridized carbons (Fsp3) is 0.143. The first kappa shape index (κ1) is 12.0. The molecule has 0 atom stereocenters. The average Bonchev–Trinajstić information content (AvgIpc) is 2.35. The zero-order valence-electron chi connectivity index (χ0n) is 9.70. The Hall–Kier alpha value is -1.51. The van der Waals surface area contributed by atoms with Gasteiger partial charge in [-0.3, -0.25) is 0 Å². The highest BCUT2D eigenvalue weighted by Crippen LogP contribution is 2.24. The van der Waals surface area contributed by atoms with Gasteiger partial charge in [0.15, 0.2) is 0 Å². The molecule has 17 heavy (non-hydrogen) atoms. The molecule has 0 unspecified atom stereocenters. The van der Waals surface area contributed by atoms with Crippen LogP contribution >= 0.6 is 11.6 Å². The van der Waals surface area contributed by atoms with Crippen molar-refractivity contribution in [3.8, 4) is 0 Å². The summed E-state index contributed by atoms with van der Waals surface area (Å²) in [4.78, 5) is 0. The van der Waals surface area contributed by atoms with Crippen LogP contribution in [0.4, 0.5) is 11.4 Å². The highest BCUT2D eigenvalue weighted by molar-refractivity contribution is 6.30. The van der Waals surface area contributed by atoms with E-state index in [1.165, 1.54) is 0 Å². The molecule has 3 heteroatoms. The molecule has 3 N–H and O–H groups in total. The molecule has 0 saturated carbocycles. The van der Waals surface area contributed by atoms with E-state index in [1.54, 1.807) is 0 Å². The SMILES string of the molecule is Cc1ccc(Cl)cc1Nc1ccc(CN)cc1. The van der Waals surface area contributed by atoms with Crippen LogP contribution in [0.15, 0.2) is 42.5 Å². The van der Waals surface area contributed by atoms with E-state index in [0.717, 1.165) is 27.5 Å². The summed E-state index contributed by atoms with van der Waals surface area (Å²) in [6, 6.07) is 13.9. The van der Waals surface area contributed by atoms with Crippen molar-refractivity contribution in [3.05, 3.63) is 58.6 Å². The zero-order chi connectivity index (χ0) is 12.3. The van der Waals surface area contributed by atoms with Crippen molar-refractivity contribution >= 4 is 23.0 Å². The van der Waals surface area contributed by atoms with Crippen LogP contribution in [0.1, 0.15) is 11.1 Å². The largest absolute Gasteiger partial charge is 0.355 e. The number of rotatable bonds is 3. The van der Waals surface area contributed by atoms with Crippen molar-refractivity contribution < 1.29 is 0 Å². The Morgan fingerprint density at radius 3 is 2.47 bits per heavy atom. The van der Waals surface area contributed by atoms with Crippen LogP contribution in [0.5, 0.6) is 0 Å². The molecule has 2 nitrogen and oxygen atoms in total. The van der Waals surface area contributed by atoms with Crippen LogP contribution in [0.3, 0.4) is 0 Å². The van der Waals surface area contributed by atoms with Gasteiger partial charge in [-0.15, -0.1) is 0 Å². The fourth-order valence-electron chi connectivity index (χ4n) is 1.61. The van der Waals surface area contributed by atoms with E-state index in [0.29, 0.717) is 6.54 Å². The van der Waals surface area contributed by atoms with Gasteiger partial charge < -0.3 is 11.1 Å². The van der Waals surface area contributed by atoms with Crippen LogP contribution in [-0.4, -0.2) is 0 Å². The third kappa shape index (κ3) is 2.99. The second-order valence-electron chi connectivity index (χ2n) is 3.99. The minimum atomic E-state index is 0.566. The van der Waals surface area contributed by atoms with Gasteiger partial charge in [0.05, 0.1) is 0 Å². The van der Waals surface area contributed by atoms with Gasteiger partial charge in [0.1, 0.15) is 0 Å². The number of hydrogen-bond acceptors (Lipinski definition) is 2. The maximum atomic E-state index is 5.97. The normalized spacial score (nSPS) is 10.3. The molecule has 0 bridgehead atoms. The number of nitrogens with two attached hydrogens (primary N) is 1. The monoisotopic (exact) mass is 246 g/mol. The molecule has 0 aliphatic heterocycles. The summed E-state index contributed by atoms with van der Waals surface area (Å²) in [5, 5.41) is 4.07. The molecule has 0 aromatic heterocycles. The predicted molar refractivity (Wildman–Crippen MR) is 73.8 cm³/mol. The molecule has 0 radical (unpaired) electrons. The number of halogens is 1. The molecule has 0 heterocycles. The summed E-state index contributed by atoms with van der Waals surface area (Å²) < 4.78 is 0. The van der Waals surface area contributed by atoms with Crippen molar-refractivity contribution in [1.82, 2.24) is 0 Å². The number of nitrogens with one attached hydrogen (secondary N) is 1. The quantitative estimate of drug-likeness (QED) is 0.863. The summed E-state index contributed by atoms with van der Waals surface area (Å²) in [6.45, 7) is 2.61. The Kier molecular flexibility index (Phi) is 3.67. The second kappa shape index (κ2) is 5.21. The molecular weight excluding hydrogens is 232 g/mol. The van der Waals surface area contributed by atoms with Gasteiger partial charge in [0.25, 0.3) is 0 Å². The lowest BCUT2D eigenvalue weighted by Gasteiger charge is -2.10. The van der Waals surface area contributed by atoms with Crippen molar-refractivity contribution in [2.75, 3.05) is 5.32 Å². The minimum Gasteiger partial charge on any atom is -0.355 e. The molecule has 0 saturated heterocycles. The van der Waals surface area contributed by atoms with E-state index in [1.807, 2.05) is 49.4 Å². The number of hydrogen-bond donors (Lipinski definition) is 2. The highest BCUT2D eigenvalue weighted by atomic mass is 35.5. The van der Waals surface area contributed by atoms with E-state index in [4.69, 9.17) is 17.3 Å². The van der Waals surface area contributed by atoms with Gasteiger partial charge >= 0.3 is 0 Å². The lowest BCUT2D eigenvalue weighted by Crippen LogP contribution is -1.97. The van der Waals surface area contributed by atoms with Crippen LogP contribution in [0.2, 0.25) is 5.02 Å². The standard InChI is InChI=1S/C14H15ClN2/c1-10-2-5-12(15)8-14(10)17-13-6-3-11(9-16)4-7-13/h2-8,17H,9,16H2,1H3. The lowest BCUT2D eigenvalue weighted by molar-refractivity contribution is 1.07. The first-order chi connectivity index (χ1) is 8.19. The summed E-state index contributed by atoms with van der Waals surface area (Å²) in [5.74, 6) is 0. The predicted octanol–water partition coefficient (Wildman–Crippen LogP) is 3.85. The highest BCUT2D eigenvalue weighted by Gasteiger charge is 2.00. The van der Waals surface area contributed by atoms with Gasteiger partial charge in [0, 0.05) is 22.9 Å². The van der Waals surface area contributed by atoms with E-state index in [9.17, 15) is 0 Å². The van der Waals surface area contributed by atoms with Gasteiger partial charge in [-0.05, 0) is 42.3 Å². The van der Waals surface area contributed by atoms with Gasteiger partial charge in [0.2, 0.25) is 0 Å². The van der Waals surface area contributed by atoms with Crippen LogP contribution < -0.4 is 11.1 Å². The van der Waals surface area contributed by atoms with E-state index in [-0.39, 0.29) is 0 Å². The lowest BCUT2D eigenvalue weighted by atomic mass is 10.1. The Morgan fingerprint density at radius 1 is 1.12 bits per heavy atom. The third-order valence-electron chi connectivity index (χ3n) is 2.67. The zero-order valence-corrected chi connectivity index (χ0v) is 10.5. The van der Waals surface area contributed by atoms with Crippen LogP contribution in [0.25, 0.3) is 0 Å². The first-order valence-electron chi connectivity index (χ1n) is 5.51. The van der Waals surface area contributed by atoms with Crippen molar-refractivity contribution in [2.24, 2.45) is 5.73 Å². The fourth-order valence-corrected chi connectivity index (χ4v) is 1.78. The van der Waals surface area contributed by atoms with E-state index in [2.05, 4.69) is 5.32 Å². The minimum absolute atomic E-state index is 0.566. The van der Waals surface area contributed by atoms with Crippen molar-refractivity contribution in [2.45, 2.75) is 13.5 Å². The van der Waals surface area contributed by atoms with Crippen LogP contribution in [0, 0.1) is 6.92 Å². The molecule has 0 aliphatic carbocycles. The van der Waals surface area contributed by atoms with E-state index < -0.39 is 0 Å². The molecule has 2 aromatic carbocycles. The van der Waals surface area contributed by atoms with Gasteiger partial charge in [-0.1, -0.05) is 29.8 Å². The molecule has 0 fully saturated rings. The molecule has 2 rings (SSSR count). The van der Waals surface area contributed by atoms with Gasteiger partial charge in [-0.2, -0.15) is 0 Å². The molecular formula is C14H15ClN2. The maximum Gasteiger partial charge on any atom is 0.0428 e. The Bertz CT molecular complexity index is 506. The summed E-state index contributed by atoms with van der Waals surface area (Å²) >= 11 is 5.97. The molecule has 2 aromatic rings. The average molecular weight is 247 g/mol. The maximum absolute atomic E-state index is 5.97. The Balaban J connectivity index is 2.22. The number of benzene rings is 2.